The molecule has 1 aliphatic rings. The second kappa shape index (κ2) is 11.7. The largest absolute Gasteiger partial charge is 0.493 e. The van der Waals surface area contributed by atoms with Crippen molar-refractivity contribution in [3.05, 3.63) is 86.5 Å². The highest BCUT2D eigenvalue weighted by Gasteiger charge is 2.24. The number of hydrogen-bond acceptors (Lipinski definition) is 6. The van der Waals surface area contributed by atoms with Crippen molar-refractivity contribution in [2.45, 2.75) is 6.92 Å². The molecule has 4 rings (SSSR count). The normalized spacial score (nSPS) is 15.1. The maximum atomic E-state index is 13.0. The van der Waals surface area contributed by atoms with E-state index in [1.54, 1.807) is 30.3 Å². The smallest absolute Gasteiger partial charge is 0.264 e. The average molecular weight is 560 g/mol. The molecule has 0 radical (unpaired) electrons. The summed E-state index contributed by atoms with van der Waals surface area (Å²) in [4.78, 5) is 29.7. The van der Waals surface area contributed by atoms with Crippen LogP contribution in [-0.2, 0) is 9.59 Å². The summed E-state index contributed by atoms with van der Waals surface area (Å²) in [5, 5.41) is 6.53. The zero-order valence-corrected chi connectivity index (χ0v) is 21.9. The van der Waals surface area contributed by atoms with Crippen molar-refractivity contribution in [2.24, 2.45) is 4.99 Å². The molecule has 0 aliphatic carbocycles. The van der Waals surface area contributed by atoms with Crippen molar-refractivity contribution in [1.29, 1.82) is 0 Å². The Morgan fingerprint density at radius 1 is 1.16 bits per heavy atom. The van der Waals surface area contributed by atoms with E-state index in [-0.39, 0.29) is 29.0 Å². The molecule has 1 heterocycles. The number of anilines is 1. The molecule has 0 unspecified atom stereocenters. The lowest BCUT2D eigenvalue weighted by molar-refractivity contribution is -0.118. The van der Waals surface area contributed by atoms with Crippen LogP contribution in [0.4, 0.5) is 15.8 Å². The third kappa shape index (κ3) is 6.62. The number of rotatable bonds is 7. The van der Waals surface area contributed by atoms with Gasteiger partial charge in [0.1, 0.15) is 5.82 Å². The summed E-state index contributed by atoms with van der Waals surface area (Å²) in [6, 6.07) is 13.9. The number of amides is 2. The van der Waals surface area contributed by atoms with Gasteiger partial charge in [-0.3, -0.25) is 9.59 Å². The highest BCUT2D eigenvalue weighted by molar-refractivity contribution is 8.18. The van der Waals surface area contributed by atoms with Gasteiger partial charge >= 0.3 is 0 Å². The van der Waals surface area contributed by atoms with Gasteiger partial charge in [-0.1, -0.05) is 29.3 Å². The monoisotopic (exact) mass is 559 g/mol. The Kier molecular flexibility index (Phi) is 8.38. The number of nitrogens with one attached hydrogen (secondary N) is 2. The van der Waals surface area contributed by atoms with Gasteiger partial charge in [-0.15, -0.1) is 0 Å². The first-order chi connectivity index (χ1) is 17.7. The third-order valence-electron chi connectivity index (χ3n) is 5.14. The van der Waals surface area contributed by atoms with E-state index in [0.717, 1.165) is 5.56 Å². The van der Waals surface area contributed by atoms with E-state index in [9.17, 15) is 14.0 Å². The molecule has 0 atom stereocenters. The molecular weight excluding hydrogens is 540 g/mol. The molecule has 3 aromatic carbocycles. The van der Waals surface area contributed by atoms with Gasteiger partial charge in [0.05, 0.1) is 22.7 Å². The Balaban J connectivity index is 1.47. The molecule has 11 heteroatoms. The van der Waals surface area contributed by atoms with Gasteiger partial charge in [-0.05, 0) is 84.4 Å². The van der Waals surface area contributed by atoms with Crippen molar-refractivity contribution in [1.82, 2.24) is 5.32 Å². The standard InChI is InChI=1S/C26H20Cl2FN3O4S/c1-14-18(27)4-3-5-20(14)31-26-32-25(34)22(37-26)12-15-10-19(28)24(21(11-15)35-2)36-13-23(33)30-17-8-6-16(29)7-9-17/h3-12H,13H2,1-2H3,(H,30,33)(H,31,32,34)/b22-12+. The zero-order chi connectivity index (χ0) is 26.5. The van der Waals surface area contributed by atoms with Crippen LogP contribution in [0.15, 0.2) is 64.5 Å². The molecule has 0 spiro atoms. The first kappa shape index (κ1) is 26.5. The van der Waals surface area contributed by atoms with Crippen molar-refractivity contribution in [2.75, 3.05) is 19.0 Å². The van der Waals surface area contributed by atoms with E-state index >= 15 is 0 Å². The first-order valence-electron chi connectivity index (χ1n) is 10.8. The molecular formula is C26H20Cl2FN3O4S. The van der Waals surface area contributed by atoms with Crippen molar-refractivity contribution in [3.63, 3.8) is 0 Å². The Labute approximate surface area is 226 Å². The molecule has 3 aromatic rings. The number of hydrogen-bond donors (Lipinski definition) is 2. The summed E-state index contributed by atoms with van der Waals surface area (Å²) in [5.74, 6) is -0.731. The van der Waals surface area contributed by atoms with Crippen molar-refractivity contribution < 1.29 is 23.5 Å². The topological polar surface area (TPSA) is 89.0 Å². The highest BCUT2D eigenvalue weighted by Crippen LogP contribution is 2.38. The van der Waals surface area contributed by atoms with Gasteiger partial charge in [0.25, 0.3) is 11.8 Å². The predicted octanol–water partition coefficient (Wildman–Crippen LogP) is 6.36. The Morgan fingerprint density at radius 3 is 2.65 bits per heavy atom. The fourth-order valence-corrected chi connectivity index (χ4v) is 4.57. The minimum atomic E-state index is -0.461. The van der Waals surface area contributed by atoms with Gasteiger partial charge in [0.15, 0.2) is 23.3 Å². The average Bonchev–Trinajstić information content (AvgIpc) is 3.20. The number of ether oxygens (including phenoxy) is 2. The molecule has 1 fully saturated rings. The van der Waals surface area contributed by atoms with Gasteiger partial charge in [0.2, 0.25) is 0 Å². The van der Waals surface area contributed by atoms with Crippen LogP contribution in [0.3, 0.4) is 0 Å². The first-order valence-corrected chi connectivity index (χ1v) is 12.4. The highest BCUT2D eigenvalue weighted by atomic mass is 35.5. The van der Waals surface area contributed by atoms with Crippen LogP contribution >= 0.6 is 35.0 Å². The summed E-state index contributed by atoms with van der Waals surface area (Å²) >= 11 is 13.7. The molecule has 1 saturated heterocycles. The number of benzene rings is 3. The van der Waals surface area contributed by atoms with Crippen LogP contribution in [0.5, 0.6) is 11.5 Å². The Bertz CT molecular complexity index is 1430. The lowest BCUT2D eigenvalue weighted by Gasteiger charge is -2.13. The van der Waals surface area contributed by atoms with Crippen molar-refractivity contribution in [3.8, 4) is 11.5 Å². The Morgan fingerprint density at radius 2 is 1.92 bits per heavy atom. The number of halogens is 3. The zero-order valence-electron chi connectivity index (χ0n) is 19.6. The molecule has 0 aromatic heterocycles. The van der Waals surface area contributed by atoms with Crippen LogP contribution in [-0.4, -0.2) is 30.7 Å². The second-order valence-electron chi connectivity index (χ2n) is 7.74. The molecule has 2 N–H and O–H groups in total. The number of aliphatic imine (C=N–C) groups is 1. The number of nitrogens with zero attached hydrogens (tertiary/aromatic N) is 1. The molecule has 1 aliphatic heterocycles. The predicted molar refractivity (Wildman–Crippen MR) is 146 cm³/mol. The Hall–Kier alpha value is -3.53. The van der Waals surface area contributed by atoms with E-state index in [2.05, 4.69) is 15.6 Å². The number of carbonyl (C=O) groups is 2. The van der Waals surface area contributed by atoms with Gasteiger partial charge in [0, 0.05) is 10.7 Å². The molecule has 190 valence electrons. The second-order valence-corrected chi connectivity index (χ2v) is 9.59. The van der Waals surface area contributed by atoms with Crippen LogP contribution < -0.4 is 20.1 Å². The third-order valence-corrected chi connectivity index (χ3v) is 6.74. The number of methoxy groups -OCH3 is 1. The summed E-state index contributed by atoms with van der Waals surface area (Å²) < 4.78 is 24.0. The van der Waals surface area contributed by atoms with E-state index in [1.807, 2.05) is 13.0 Å². The lowest BCUT2D eigenvalue weighted by Crippen LogP contribution is -2.20. The number of amidine groups is 1. The van der Waals surface area contributed by atoms with E-state index in [4.69, 9.17) is 32.7 Å². The van der Waals surface area contributed by atoms with Crippen molar-refractivity contribution >= 4 is 69.4 Å². The quantitative estimate of drug-likeness (QED) is 0.329. The maximum Gasteiger partial charge on any atom is 0.264 e. The molecule has 2 amide bonds. The summed E-state index contributed by atoms with van der Waals surface area (Å²) in [5.41, 5.74) is 2.48. The van der Waals surface area contributed by atoms with Gasteiger partial charge < -0.3 is 20.1 Å². The maximum absolute atomic E-state index is 13.0. The van der Waals surface area contributed by atoms with E-state index in [1.165, 1.54) is 43.1 Å². The van der Waals surface area contributed by atoms with Crippen LogP contribution in [0, 0.1) is 12.7 Å². The van der Waals surface area contributed by atoms with E-state index < -0.39 is 11.7 Å². The fourth-order valence-electron chi connectivity index (χ4n) is 3.29. The minimum Gasteiger partial charge on any atom is -0.493 e. The fraction of sp³-hybridized carbons (Fsp3) is 0.115. The molecule has 37 heavy (non-hydrogen) atoms. The summed E-state index contributed by atoms with van der Waals surface area (Å²) in [6.45, 7) is 1.50. The summed E-state index contributed by atoms with van der Waals surface area (Å²) in [6.07, 6.45) is 1.65. The minimum absolute atomic E-state index is 0.169. The SMILES string of the molecule is COc1cc(/C=C2/SC(=Nc3cccc(Cl)c3C)NC2=O)cc(Cl)c1OCC(=O)Nc1ccc(F)cc1. The van der Waals surface area contributed by atoms with Crippen LogP contribution in [0.2, 0.25) is 10.0 Å². The van der Waals surface area contributed by atoms with Crippen LogP contribution in [0.1, 0.15) is 11.1 Å². The van der Waals surface area contributed by atoms with Gasteiger partial charge in [-0.25, -0.2) is 9.38 Å². The molecule has 7 nitrogen and oxygen atoms in total. The van der Waals surface area contributed by atoms with E-state index in [0.29, 0.717) is 32.0 Å². The molecule has 0 saturated carbocycles. The summed E-state index contributed by atoms with van der Waals surface area (Å²) in [7, 11) is 1.43. The lowest BCUT2D eigenvalue weighted by atomic mass is 10.2. The van der Waals surface area contributed by atoms with Crippen LogP contribution in [0.25, 0.3) is 6.08 Å². The number of carbonyl (C=O) groups excluding carboxylic acids is 2. The number of thioether (sulfide) groups is 1. The molecule has 0 bridgehead atoms. The van der Waals surface area contributed by atoms with Gasteiger partial charge in [-0.2, -0.15) is 0 Å².